The minimum Gasteiger partial charge on any atom is -0.342 e. The second-order valence-electron chi connectivity index (χ2n) is 7.25. The van der Waals surface area contributed by atoms with Gasteiger partial charge in [0.1, 0.15) is 11.5 Å². The van der Waals surface area contributed by atoms with Gasteiger partial charge in [-0.1, -0.05) is 12.1 Å². The summed E-state index contributed by atoms with van der Waals surface area (Å²) in [6, 6.07) is 8.38. The third kappa shape index (κ3) is 3.94. The Labute approximate surface area is 164 Å². The lowest BCUT2D eigenvalue weighted by Crippen LogP contribution is -2.29. The van der Waals surface area contributed by atoms with Gasteiger partial charge in [0.15, 0.2) is 5.65 Å². The Balaban J connectivity index is 1.53. The average Bonchev–Trinajstić information content (AvgIpc) is 3.27. The molecule has 5 nitrogen and oxygen atoms in total. The minimum atomic E-state index is -4.54. The predicted molar refractivity (Wildman–Crippen MR) is 96.8 cm³/mol. The van der Waals surface area contributed by atoms with Crippen molar-refractivity contribution < 1.29 is 22.4 Å². The second kappa shape index (κ2) is 7.13. The Hall–Kier alpha value is -2.97. The first-order valence-electron chi connectivity index (χ1n) is 9.17. The van der Waals surface area contributed by atoms with Crippen LogP contribution in [0.15, 0.2) is 36.4 Å². The third-order valence-electron chi connectivity index (χ3n) is 5.07. The van der Waals surface area contributed by atoms with E-state index < -0.39 is 17.7 Å². The van der Waals surface area contributed by atoms with Crippen LogP contribution in [0.4, 0.5) is 17.6 Å². The summed E-state index contributed by atoms with van der Waals surface area (Å²) in [4.78, 5) is 18.3. The first-order chi connectivity index (χ1) is 13.7. The zero-order valence-corrected chi connectivity index (χ0v) is 15.6. The van der Waals surface area contributed by atoms with Crippen LogP contribution in [-0.4, -0.2) is 38.5 Å². The van der Waals surface area contributed by atoms with Gasteiger partial charge in [-0.2, -0.15) is 18.3 Å². The molecular formula is C20H18F4N4O. The van der Waals surface area contributed by atoms with Gasteiger partial charge in [0.2, 0.25) is 5.91 Å². The van der Waals surface area contributed by atoms with Gasteiger partial charge in [-0.15, -0.1) is 0 Å². The number of amides is 1. The topological polar surface area (TPSA) is 50.5 Å². The number of halogens is 4. The molecule has 1 aliphatic heterocycles. The van der Waals surface area contributed by atoms with Gasteiger partial charge < -0.3 is 4.90 Å². The molecule has 1 aromatic carbocycles. The van der Waals surface area contributed by atoms with Crippen molar-refractivity contribution >= 4 is 11.6 Å². The van der Waals surface area contributed by atoms with Crippen LogP contribution in [0.1, 0.15) is 35.0 Å². The maximum atomic E-state index is 13.3. The van der Waals surface area contributed by atoms with E-state index in [0.717, 1.165) is 10.6 Å². The first kappa shape index (κ1) is 19.4. The number of hydrogen-bond acceptors (Lipinski definition) is 3. The van der Waals surface area contributed by atoms with Gasteiger partial charge in [0, 0.05) is 30.8 Å². The van der Waals surface area contributed by atoms with Crippen LogP contribution in [0.25, 0.3) is 5.65 Å². The average molecular weight is 406 g/mol. The van der Waals surface area contributed by atoms with Crippen molar-refractivity contribution in [3.05, 3.63) is 64.9 Å². The molecule has 0 N–H and O–H groups in total. The van der Waals surface area contributed by atoms with Crippen molar-refractivity contribution in [3.63, 3.8) is 0 Å². The first-order valence-corrected chi connectivity index (χ1v) is 9.17. The van der Waals surface area contributed by atoms with E-state index in [-0.39, 0.29) is 29.6 Å². The maximum Gasteiger partial charge on any atom is 0.433 e. The summed E-state index contributed by atoms with van der Waals surface area (Å²) in [5.41, 5.74) is 0.588. The smallest absolute Gasteiger partial charge is 0.342 e. The van der Waals surface area contributed by atoms with Crippen LogP contribution in [0.2, 0.25) is 0 Å². The number of aryl methyl sites for hydroxylation is 1. The lowest BCUT2D eigenvalue weighted by Gasteiger charge is -2.16. The van der Waals surface area contributed by atoms with Gasteiger partial charge in [-0.25, -0.2) is 13.9 Å². The molecule has 3 aromatic rings. The van der Waals surface area contributed by atoms with E-state index in [1.165, 1.54) is 19.1 Å². The summed E-state index contributed by atoms with van der Waals surface area (Å²) in [5.74, 6) is -0.719. The monoisotopic (exact) mass is 406 g/mol. The highest BCUT2D eigenvalue weighted by Crippen LogP contribution is 2.32. The SMILES string of the molecule is Cc1cc(C(F)(F)F)n2nc([C@@H]3CCN(C(=O)Cc4cccc(F)c4)C3)cc2n1. The highest BCUT2D eigenvalue weighted by molar-refractivity contribution is 5.79. The number of fused-ring (bicyclic) bond motifs is 1. The van der Waals surface area contributed by atoms with Crippen LogP contribution < -0.4 is 0 Å². The molecule has 1 atom stereocenters. The molecule has 0 unspecified atom stereocenters. The Morgan fingerprint density at radius 3 is 2.76 bits per heavy atom. The van der Waals surface area contributed by atoms with Crippen molar-refractivity contribution in [3.8, 4) is 0 Å². The number of carbonyl (C=O) groups is 1. The third-order valence-corrected chi connectivity index (χ3v) is 5.07. The Morgan fingerprint density at radius 2 is 2.03 bits per heavy atom. The zero-order valence-electron chi connectivity index (χ0n) is 15.6. The fourth-order valence-electron chi connectivity index (χ4n) is 3.68. The van der Waals surface area contributed by atoms with Crippen molar-refractivity contribution in [2.75, 3.05) is 13.1 Å². The molecule has 4 rings (SSSR count). The van der Waals surface area contributed by atoms with Gasteiger partial charge in [0.05, 0.1) is 12.1 Å². The number of alkyl halides is 3. The predicted octanol–water partition coefficient (Wildman–Crippen LogP) is 3.75. The van der Waals surface area contributed by atoms with E-state index in [4.69, 9.17) is 0 Å². The van der Waals surface area contributed by atoms with E-state index in [2.05, 4.69) is 10.1 Å². The molecule has 29 heavy (non-hydrogen) atoms. The number of nitrogens with zero attached hydrogens (tertiary/aromatic N) is 4. The summed E-state index contributed by atoms with van der Waals surface area (Å²) < 4.78 is 54.1. The molecule has 1 aliphatic rings. The molecule has 152 valence electrons. The van der Waals surface area contributed by atoms with Gasteiger partial charge in [0.25, 0.3) is 0 Å². The van der Waals surface area contributed by atoms with Crippen molar-refractivity contribution in [2.24, 2.45) is 0 Å². The summed E-state index contributed by atoms with van der Waals surface area (Å²) >= 11 is 0. The molecule has 0 spiro atoms. The van der Waals surface area contributed by atoms with Gasteiger partial charge >= 0.3 is 6.18 Å². The van der Waals surface area contributed by atoms with E-state index in [1.807, 2.05) is 0 Å². The lowest BCUT2D eigenvalue weighted by molar-refractivity contribution is -0.142. The standard InChI is InChI=1S/C20H18F4N4O/c1-12-7-17(20(22,23)24)28-18(25-12)10-16(26-28)14-5-6-27(11-14)19(29)9-13-3-2-4-15(21)8-13/h2-4,7-8,10,14H,5-6,9,11H2,1H3/t14-/m1/s1. The Morgan fingerprint density at radius 1 is 1.24 bits per heavy atom. The van der Waals surface area contributed by atoms with E-state index in [1.54, 1.807) is 23.1 Å². The van der Waals surface area contributed by atoms with Crippen LogP contribution in [0.5, 0.6) is 0 Å². The molecule has 3 heterocycles. The molecule has 1 amide bonds. The van der Waals surface area contributed by atoms with E-state index in [0.29, 0.717) is 30.8 Å². The Kier molecular flexibility index (Phi) is 4.76. The Bertz CT molecular complexity index is 1080. The quantitative estimate of drug-likeness (QED) is 0.623. The highest BCUT2D eigenvalue weighted by atomic mass is 19.4. The van der Waals surface area contributed by atoms with Crippen molar-refractivity contribution in [2.45, 2.75) is 31.9 Å². The van der Waals surface area contributed by atoms with Crippen LogP contribution in [-0.2, 0) is 17.4 Å². The zero-order chi connectivity index (χ0) is 20.8. The number of aromatic nitrogens is 3. The molecule has 0 bridgehead atoms. The largest absolute Gasteiger partial charge is 0.433 e. The molecule has 2 aromatic heterocycles. The van der Waals surface area contributed by atoms with Gasteiger partial charge in [-0.3, -0.25) is 4.79 Å². The van der Waals surface area contributed by atoms with Crippen molar-refractivity contribution in [1.82, 2.24) is 19.5 Å². The van der Waals surface area contributed by atoms with Crippen molar-refractivity contribution in [1.29, 1.82) is 0 Å². The molecule has 0 saturated carbocycles. The molecular weight excluding hydrogens is 388 g/mol. The van der Waals surface area contributed by atoms with Crippen LogP contribution in [0, 0.1) is 12.7 Å². The second-order valence-corrected chi connectivity index (χ2v) is 7.25. The molecule has 0 aliphatic carbocycles. The normalized spacial score (nSPS) is 17.3. The molecule has 1 fully saturated rings. The van der Waals surface area contributed by atoms with Crippen LogP contribution in [0.3, 0.4) is 0 Å². The van der Waals surface area contributed by atoms with E-state index >= 15 is 0 Å². The number of carbonyl (C=O) groups excluding carboxylic acids is 1. The fourth-order valence-corrected chi connectivity index (χ4v) is 3.68. The molecule has 0 radical (unpaired) electrons. The van der Waals surface area contributed by atoms with E-state index in [9.17, 15) is 22.4 Å². The molecule has 1 saturated heterocycles. The summed E-state index contributed by atoms with van der Waals surface area (Å²) in [5, 5.41) is 4.14. The van der Waals surface area contributed by atoms with Gasteiger partial charge in [-0.05, 0) is 37.1 Å². The maximum absolute atomic E-state index is 13.3. The summed E-state index contributed by atoms with van der Waals surface area (Å²) in [6.07, 6.45) is -3.87. The highest BCUT2D eigenvalue weighted by Gasteiger charge is 2.36. The fraction of sp³-hybridized carbons (Fsp3) is 0.350. The number of likely N-dealkylation sites (tertiary alicyclic amines) is 1. The summed E-state index contributed by atoms with van der Waals surface area (Å²) in [6.45, 7) is 2.34. The number of rotatable bonds is 3. The lowest BCUT2D eigenvalue weighted by atomic mass is 10.1. The number of hydrogen-bond donors (Lipinski definition) is 0. The van der Waals surface area contributed by atoms with Crippen LogP contribution >= 0.6 is 0 Å². The minimum absolute atomic E-state index is 0.0780. The number of benzene rings is 1. The molecule has 9 heteroatoms. The summed E-state index contributed by atoms with van der Waals surface area (Å²) in [7, 11) is 0.